The first-order valence-corrected chi connectivity index (χ1v) is 12.4. The van der Waals surface area contributed by atoms with Gasteiger partial charge in [-0.3, -0.25) is 9.59 Å². The number of ether oxygens (including phenoxy) is 1. The third-order valence-corrected chi connectivity index (χ3v) is 6.85. The average molecular weight is 489 g/mol. The number of aryl methyl sites for hydroxylation is 1. The second-order valence-corrected chi connectivity index (χ2v) is 9.54. The molecule has 1 heterocycles. The number of carbonyl (C=O) groups is 2. The maximum absolute atomic E-state index is 13.4. The maximum atomic E-state index is 13.4. The molecule has 0 aromatic heterocycles. The minimum absolute atomic E-state index is 0.00441. The quantitative estimate of drug-likeness (QED) is 0.447. The molecule has 4 rings (SSSR count). The highest BCUT2D eigenvalue weighted by Crippen LogP contribution is 2.27. The molecule has 36 heavy (non-hydrogen) atoms. The van der Waals surface area contributed by atoms with E-state index in [1.54, 1.807) is 24.1 Å². The molecule has 0 bridgehead atoms. The zero-order valence-electron chi connectivity index (χ0n) is 20.9. The van der Waals surface area contributed by atoms with E-state index in [0.717, 1.165) is 16.7 Å². The summed E-state index contributed by atoms with van der Waals surface area (Å²) in [5.41, 5.74) is 3.17. The van der Waals surface area contributed by atoms with Gasteiger partial charge < -0.3 is 14.5 Å². The fraction of sp³-hybridized carbons (Fsp3) is 0.333. The molecular weight excluding hydrogens is 455 g/mol. The molecule has 0 N–H and O–H groups in total. The number of hydrogen-bond donors (Lipinski definition) is 0. The van der Waals surface area contributed by atoms with Crippen molar-refractivity contribution >= 4 is 11.8 Å². The number of benzene rings is 3. The van der Waals surface area contributed by atoms with Gasteiger partial charge in [0.25, 0.3) is 0 Å². The predicted molar refractivity (Wildman–Crippen MR) is 138 cm³/mol. The molecule has 3 aromatic rings. The third-order valence-electron chi connectivity index (χ3n) is 6.85. The lowest BCUT2D eigenvalue weighted by molar-refractivity contribution is -0.138. The number of amides is 2. The first-order chi connectivity index (χ1) is 17.4. The summed E-state index contributed by atoms with van der Waals surface area (Å²) in [6.07, 6.45) is 0.970. The summed E-state index contributed by atoms with van der Waals surface area (Å²) in [6, 6.07) is 23.7. The standard InChI is InChI=1S/C30H33FN2O3/c1-22-8-6-7-11-24(22)18-30(35)33-17-16-28(36-27-14-12-26(31)13-15-27)25(21-33)19-29(34)32(2)20-23-9-4-3-5-10-23/h3-15,25,28H,16-21H2,1-2H3/t25-,28-/m0/s1. The second kappa shape index (κ2) is 11.8. The first-order valence-electron chi connectivity index (χ1n) is 12.4. The average Bonchev–Trinajstić information content (AvgIpc) is 2.88. The van der Waals surface area contributed by atoms with Crippen molar-refractivity contribution < 1.29 is 18.7 Å². The van der Waals surface area contributed by atoms with Gasteiger partial charge in [0, 0.05) is 45.4 Å². The van der Waals surface area contributed by atoms with Crippen LogP contribution in [0, 0.1) is 18.7 Å². The number of hydrogen-bond acceptors (Lipinski definition) is 3. The van der Waals surface area contributed by atoms with Gasteiger partial charge in [0.2, 0.25) is 11.8 Å². The SMILES string of the molecule is Cc1ccccc1CC(=O)N1CC[C@H](Oc2ccc(F)cc2)[C@@H](CC(=O)N(C)Cc2ccccc2)C1. The lowest BCUT2D eigenvalue weighted by atomic mass is 9.90. The van der Waals surface area contributed by atoms with Crippen LogP contribution in [0.4, 0.5) is 4.39 Å². The van der Waals surface area contributed by atoms with Crippen LogP contribution < -0.4 is 4.74 Å². The van der Waals surface area contributed by atoms with Gasteiger partial charge in [-0.1, -0.05) is 54.6 Å². The Kier molecular flexibility index (Phi) is 8.36. The number of nitrogens with zero attached hydrogens (tertiary/aromatic N) is 2. The number of likely N-dealkylation sites (tertiary alicyclic amines) is 1. The zero-order valence-corrected chi connectivity index (χ0v) is 20.9. The summed E-state index contributed by atoms with van der Waals surface area (Å²) in [4.78, 5) is 29.9. The minimum Gasteiger partial charge on any atom is -0.490 e. The Morgan fingerprint density at radius 2 is 1.69 bits per heavy atom. The molecule has 2 amide bonds. The summed E-state index contributed by atoms with van der Waals surface area (Å²) >= 11 is 0. The van der Waals surface area contributed by atoms with Crippen molar-refractivity contribution in [3.63, 3.8) is 0 Å². The van der Waals surface area contributed by atoms with Crippen LogP contribution >= 0.6 is 0 Å². The Balaban J connectivity index is 1.46. The molecule has 2 atom stereocenters. The van der Waals surface area contributed by atoms with E-state index >= 15 is 0 Å². The minimum atomic E-state index is -0.326. The summed E-state index contributed by atoms with van der Waals surface area (Å²) < 4.78 is 19.6. The van der Waals surface area contributed by atoms with Crippen molar-refractivity contribution in [1.82, 2.24) is 9.80 Å². The summed E-state index contributed by atoms with van der Waals surface area (Å²) in [6.45, 7) is 3.53. The van der Waals surface area contributed by atoms with Crippen LogP contribution in [0.3, 0.4) is 0 Å². The largest absolute Gasteiger partial charge is 0.490 e. The van der Waals surface area contributed by atoms with Crippen LogP contribution in [0.1, 0.15) is 29.5 Å². The molecule has 6 heteroatoms. The Morgan fingerprint density at radius 3 is 2.42 bits per heavy atom. The molecule has 1 aliphatic heterocycles. The third kappa shape index (κ3) is 6.72. The smallest absolute Gasteiger partial charge is 0.227 e. The monoisotopic (exact) mass is 488 g/mol. The van der Waals surface area contributed by atoms with Crippen molar-refractivity contribution in [3.05, 3.63) is 101 Å². The molecule has 0 aliphatic carbocycles. The van der Waals surface area contributed by atoms with E-state index in [1.807, 2.05) is 66.4 Å². The molecule has 0 saturated carbocycles. The van der Waals surface area contributed by atoms with Crippen LogP contribution in [0.2, 0.25) is 0 Å². The van der Waals surface area contributed by atoms with E-state index < -0.39 is 0 Å². The van der Waals surface area contributed by atoms with E-state index in [0.29, 0.717) is 38.2 Å². The number of carbonyl (C=O) groups excluding carboxylic acids is 2. The summed E-state index contributed by atoms with van der Waals surface area (Å²) in [5, 5.41) is 0. The lowest BCUT2D eigenvalue weighted by Crippen LogP contribution is -2.49. The normalized spacial score (nSPS) is 17.5. The fourth-order valence-electron chi connectivity index (χ4n) is 4.69. The Morgan fingerprint density at radius 1 is 1.00 bits per heavy atom. The molecule has 0 radical (unpaired) electrons. The molecule has 1 fully saturated rings. The number of piperidine rings is 1. The van der Waals surface area contributed by atoms with Crippen molar-refractivity contribution in [2.45, 2.75) is 38.8 Å². The van der Waals surface area contributed by atoms with Gasteiger partial charge in [0.15, 0.2) is 0 Å². The maximum Gasteiger partial charge on any atom is 0.227 e. The van der Waals surface area contributed by atoms with Gasteiger partial charge in [0.1, 0.15) is 17.7 Å². The van der Waals surface area contributed by atoms with Gasteiger partial charge in [-0.05, 0) is 47.9 Å². The number of rotatable bonds is 8. The highest BCUT2D eigenvalue weighted by atomic mass is 19.1. The summed E-state index contributed by atoms with van der Waals surface area (Å²) in [5.74, 6) is 0.129. The van der Waals surface area contributed by atoms with Crippen molar-refractivity contribution in [3.8, 4) is 5.75 Å². The van der Waals surface area contributed by atoms with E-state index in [-0.39, 0.29) is 36.1 Å². The molecule has 0 spiro atoms. The van der Waals surface area contributed by atoms with Gasteiger partial charge >= 0.3 is 0 Å². The Hall–Kier alpha value is -3.67. The van der Waals surface area contributed by atoms with Gasteiger partial charge in [0.05, 0.1) is 6.42 Å². The molecule has 1 saturated heterocycles. The van der Waals surface area contributed by atoms with Crippen LogP contribution in [0.25, 0.3) is 0 Å². The topological polar surface area (TPSA) is 49.9 Å². The first kappa shape index (κ1) is 25.4. The van der Waals surface area contributed by atoms with Crippen LogP contribution in [0.15, 0.2) is 78.9 Å². The fourth-order valence-corrected chi connectivity index (χ4v) is 4.69. The van der Waals surface area contributed by atoms with Crippen LogP contribution in [-0.2, 0) is 22.6 Å². The van der Waals surface area contributed by atoms with Crippen LogP contribution in [0.5, 0.6) is 5.75 Å². The van der Waals surface area contributed by atoms with Gasteiger partial charge in [-0.15, -0.1) is 0 Å². The zero-order chi connectivity index (χ0) is 25.5. The summed E-state index contributed by atoms with van der Waals surface area (Å²) in [7, 11) is 1.80. The van der Waals surface area contributed by atoms with Crippen molar-refractivity contribution in [2.24, 2.45) is 5.92 Å². The highest BCUT2D eigenvalue weighted by molar-refractivity contribution is 5.80. The molecule has 188 valence electrons. The van der Waals surface area contributed by atoms with Crippen LogP contribution in [-0.4, -0.2) is 47.9 Å². The van der Waals surface area contributed by atoms with E-state index in [4.69, 9.17) is 4.74 Å². The van der Waals surface area contributed by atoms with E-state index in [9.17, 15) is 14.0 Å². The molecule has 5 nitrogen and oxygen atoms in total. The lowest BCUT2D eigenvalue weighted by Gasteiger charge is -2.39. The Bertz CT molecular complexity index is 1170. The molecule has 0 unspecified atom stereocenters. The Labute approximate surface area is 212 Å². The highest BCUT2D eigenvalue weighted by Gasteiger charge is 2.35. The predicted octanol–water partition coefficient (Wildman–Crippen LogP) is 5.02. The van der Waals surface area contributed by atoms with Gasteiger partial charge in [-0.2, -0.15) is 0 Å². The van der Waals surface area contributed by atoms with Gasteiger partial charge in [-0.25, -0.2) is 4.39 Å². The van der Waals surface area contributed by atoms with Crippen molar-refractivity contribution in [1.29, 1.82) is 0 Å². The number of halogens is 1. The second-order valence-electron chi connectivity index (χ2n) is 9.54. The van der Waals surface area contributed by atoms with Crippen molar-refractivity contribution in [2.75, 3.05) is 20.1 Å². The van der Waals surface area contributed by atoms with E-state index in [2.05, 4.69) is 0 Å². The molecule has 3 aromatic carbocycles. The molecular formula is C30H33FN2O3. The molecule has 1 aliphatic rings. The van der Waals surface area contributed by atoms with E-state index in [1.165, 1.54) is 12.1 Å².